The van der Waals surface area contributed by atoms with Crippen LogP contribution in [-0.4, -0.2) is 5.91 Å². The van der Waals surface area contributed by atoms with Crippen LogP contribution in [0.15, 0.2) is 36.0 Å². The largest absolute Gasteiger partial charge is 0.366 e. The molecule has 0 aromatic rings. The molecule has 1 amide bonds. The van der Waals surface area contributed by atoms with E-state index in [4.69, 9.17) is 5.73 Å². The van der Waals surface area contributed by atoms with E-state index in [1.54, 1.807) is 12.2 Å². The van der Waals surface area contributed by atoms with Gasteiger partial charge in [-0.15, -0.1) is 0 Å². The Bertz CT molecular complexity index is 283. The van der Waals surface area contributed by atoms with Crippen molar-refractivity contribution in [3.05, 3.63) is 36.0 Å². The van der Waals surface area contributed by atoms with Crippen molar-refractivity contribution in [3.8, 4) is 0 Å². The zero-order chi connectivity index (χ0) is 11.2. The van der Waals surface area contributed by atoms with E-state index in [2.05, 4.69) is 13.8 Å². The first kappa shape index (κ1) is 12.7. The molecule has 0 aromatic carbocycles. The fourth-order valence-electron chi connectivity index (χ4n) is 0.980. The topological polar surface area (TPSA) is 43.1 Å². The summed E-state index contributed by atoms with van der Waals surface area (Å²) in [5.74, 6) is -0.381. The van der Waals surface area contributed by atoms with Gasteiger partial charge in [0.25, 0.3) is 0 Å². The van der Waals surface area contributed by atoms with Crippen LogP contribution in [0.3, 0.4) is 0 Å². The Labute approximate surface area is 86.2 Å². The maximum atomic E-state index is 10.8. The predicted octanol–water partition coefficient (Wildman–Crippen LogP) is 2.58. The quantitative estimate of drug-likeness (QED) is 0.683. The maximum Gasteiger partial charge on any atom is 0.248 e. The number of carbonyl (C=O) groups excluding carboxylic acids is 1. The lowest BCUT2D eigenvalue weighted by atomic mass is 9.93. The predicted molar refractivity (Wildman–Crippen MR) is 60.7 cm³/mol. The summed E-state index contributed by atoms with van der Waals surface area (Å²) in [4.78, 5) is 10.8. The number of hydrogen-bond acceptors (Lipinski definition) is 1. The number of allylic oxidation sites excluding steroid dienone is 4. The van der Waals surface area contributed by atoms with Crippen LogP contribution >= 0.6 is 0 Å². The van der Waals surface area contributed by atoms with Gasteiger partial charge < -0.3 is 5.73 Å². The summed E-state index contributed by atoms with van der Waals surface area (Å²) in [6, 6.07) is 0. The van der Waals surface area contributed by atoms with Gasteiger partial charge in [0.05, 0.1) is 0 Å². The molecule has 0 atom stereocenters. The molecule has 2 nitrogen and oxygen atoms in total. The number of carbonyl (C=O) groups is 1. The normalized spacial score (nSPS) is 17.6. The van der Waals surface area contributed by atoms with E-state index in [9.17, 15) is 4.79 Å². The SMILES string of the molecule is CC.CC1(C)C=CC=C(C(N)=O)C=C1. The number of hydrogen-bond donors (Lipinski definition) is 1. The molecule has 0 saturated carbocycles. The molecule has 0 heterocycles. The highest BCUT2D eigenvalue weighted by molar-refractivity contribution is 5.95. The summed E-state index contributed by atoms with van der Waals surface area (Å²) in [5.41, 5.74) is 5.69. The highest BCUT2D eigenvalue weighted by Gasteiger charge is 2.11. The van der Waals surface area contributed by atoms with Crippen molar-refractivity contribution >= 4 is 5.91 Å². The fraction of sp³-hybridized carbons (Fsp3) is 0.417. The van der Waals surface area contributed by atoms with Crippen LogP contribution in [0, 0.1) is 5.41 Å². The molecule has 0 spiro atoms. The van der Waals surface area contributed by atoms with E-state index < -0.39 is 0 Å². The second-order valence-corrected chi connectivity index (χ2v) is 3.50. The fourth-order valence-corrected chi connectivity index (χ4v) is 0.980. The zero-order valence-corrected chi connectivity index (χ0v) is 9.37. The molecule has 2 heteroatoms. The Kier molecular flexibility index (Phi) is 4.92. The molecular formula is C12H19NO. The van der Waals surface area contributed by atoms with Crippen LogP contribution in [0.5, 0.6) is 0 Å². The zero-order valence-electron chi connectivity index (χ0n) is 9.37. The van der Waals surface area contributed by atoms with Crippen LogP contribution in [0.25, 0.3) is 0 Å². The molecule has 0 aliphatic heterocycles. The average molecular weight is 193 g/mol. The number of primary amides is 1. The van der Waals surface area contributed by atoms with Crippen LogP contribution in [-0.2, 0) is 4.79 Å². The molecule has 0 radical (unpaired) electrons. The van der Waals surface area contributed by atoms with Gasteiger partial charge >= 0.3 is 0 Å². The van der Waals surface area contributed by atoms with E-state index in [0.717, 1.165) is 0 Å². The highest BCUT2D eigenvalue weighted by Crippen LogP contribution is 2.22. The van der Waals surface area contributed by atoms with Crippen molar-refractivity contribution in [1.82, 2.24) is 0 Å². The van der Waals surface area contributed by atoms with Crippen LogP contribution < -0.4 is 5.73 Å². The lowest BCUT2D eigenvalue weighted by Gasteiger charge is -2.12. The van der Waals surface area contributed by atoms with E-state index in [1.165, 1.54) is 0 Å². The Hall–Kier alpha value is -1.31. The maximum absolute atomic E-state index is 10.8. The van der Waals surface area contributed by atoms with Crippen molar-refractivity contribution in [3.63, 3.8) is 0 Å². The van der Waals surface area contributed by atoms with E-state index in [1.807, 2.05) is 32.1 Å². The molecule has 0 saturated heterocycles. The third-order valence-corrected chi connectivity index (χ3v) is 1.78. The molecule has 0 bridgehead atoms. The molecule has 0 unspecified atom stereocenters. The Morgan fingerprint density at radius 1 is 1.29 bits per heavy atom. The molecule has 0 aromatic heterocycles. The minimum Gasteiger partial charge on any atom is -0.366 e. The molecule has 1 aliphatic rings. The summed E-state index contributed by atoms with van der Waals surface area (Å²) in [7, 11) is 0. The number of nitrogens with two attached hydrogens (primary N) is 1. The summed E-state index contributed by atoms with van der Waals surface area (Å²) >= 11 is 0. The second-order valence-electron chi connectivity index (χ2n) is 3.50. The van der Waals surface area contributed by atoms with Crippen molar-refractivity contribution in [2.24, 2.45) is 11.1 Å². The Morgan fingerprint density at radius 2 is 1.86 bits per heavy atom. The first-order valence-corrected chi connectivity index (χ1v) is 4.90. The smallest absolute Gasteiger partial charge is 0.248 e. The van der Waals surface area contributed by atoms with Gasteiger partial charge in [0.15, 0.2) is 0 Å². The van der Waals surface area contributed by atoms with Gasteiger partial charge in [-0.3, -0.25) is 4.79 Å². The molecule has 78 valence electrons. The lowest BCUT2D eigenvalue weighted by Crippen LogP contribution is -2.12. The van der Waals surface area contributed by atoms with Gasteiger partial charge in [-0.2, -0.15) is 0 Å². The van der Waals surface area contributed by atoms with E-state index in [0.29, 0.717) is 5.57 Å². The van der Waals surface area contributed by atoms with Gasteiger partial charge in [-0.1, -0.05) is 52.0 Å². The van der Waals surface area contributed by atoms with E-state index in [-0.39, 0.29) is 11.3 Å². The monoisotopic (exact) mass is 193 g/mol. The van der Waals surface area contributed by atoms with E-state index >= 15 is 0 Å². The van der Waals surface area contributed by atoms with Crippen LogP contribution in [0.4, 0.5) is 0 Å². The van der Waals surface area contributed by atoms with Gasteiger partial charge in [0, 0.05) is 11.0 Å². The molecule has 0 fully saturated rings. The summed E-state index contributed by atoms with van der Waals surface area (Å²) < 4.78 is 0. The number of rotatable bonds is 1. The molecule has 1 aliphatic carbocycles. The standard InChI is InChI=1S/C10H13NO.C2H6/c1-10(2)6-3-4-8(5-7-10)9(11)12;1-2/h3-7H,1-2H3,(H2,11,12);1-2H3. The molecule has 14 heavy (non-hydrogen) atoms. The van der Waals surface area contributed by atoms with Gasteiger partial charge in [-0.05, 0) is 6.08 Å². The summed E-state index contributed by atoms with van der Waals surface area (Å²) in [6.07, 6.45) is 9.35. The van der Waals surface area contributed by atoms with Gasteiger partial charge in [-0.25, -0.2) is 0 Å². The van der Waals surface area contributed by atoms with Gasteiger partial charge in [0.1, 0.15) is 0 Å². The molecule has 2 N–H and O–H groups in total. The Morgan fingerprint density at radius 3 is 2.36 bits per heavy atom. The first-order chi connectivity index (χ1) is 6.51. The Balaban J connectivity index is 0.000000791. The summed E-state index contributed by atoms with van der Waals surface area (Å²) in [5, 5.41) is 0. The van der Waals surface area contributed by atoms with Crippen LogP contribution in [0.2, 0.25) is 0 Å². The van der Waals surface area contributed by atoms with Crippen molar-refractivity contribution in [2.75, 3.05) is 0 Å². The van der Waals surface area contributed by atoms with Crippen LogP contribution in [0.1, 0.15) is 27.7 Å². The second kappa shape index (κ2) is 5.43. The minimum absolute atomic E-state index is 0.00764. The molecule has 1 rings (SSSR count). The average Bonchev–Trinajstić information content (AvgIpc) is 2.30. The van der Waals surface area contributed by atoms with Crippen molar-refractivity contribution < 1.29 is 4.79 Å². The third kappa shape index (κ3) is 4.08. The third-order valence-electron chi connectivity index (χ3n) is 1.78. The molecular weight excluding hydrogens is 174 g/mol. The lowest BCUT2D eigenvalue weighted by molar-refractivity contribution is -0.114. The summed E-state index contributed by atoms with van der Waals surface area (Å²) in [6.45, 7) is 8.13. The van der Waals surface area contributed by atoms with Gasteiger partial charge in [0.2, 0.25) is 5.91 Å². The highest BCUT2D eigenvalue weighted by atomic mass is 16.1. The minimum atomic E-state index is -0.381. The first-order valence-electron chi connectivity index (χ1n) is 4.90. The number of amides is 1. The van der Waals surface area contributed by atoms with Crippen molar-refractivity contribution in [2.45, 2.75) is 27.7 Å². The van der Waals surface area contributed by atoms with Crippen molar-refractivity contribution in [1.29, 1.82) is 0 Å².